The van der Waals surface area contributed by atoms with Gasteiger partial charge in [0.1, 0.15) is 11.4 Å². The number of likely N-dealkylation sites (tertiary alicyclic amines) is 1. The summed E-state index contributed by atoms with van der Waals surface area (Å²) in [6, 6.07) is 7.94. The van der Waals surface area contributed by atoms with Crippen LogP contribution in [0.1, 0.15) is 12.7 Å². The first-order valence-electron chi connectivity index (χ1n) is 10.4. The van der Waals surface area contributed by atoms with E-state index in [1.54, 1.807) is 12.0 Å². The zero-order valence-corrected chi connectivity index (χ0v) is 17.2. The molecular weight excluding hydrogens is 384 g/mol. The Morgan fingerprint density at radius 3 is 3.03 bits per heavy atom. The van der Waals surface area contributed by atoms with Crippen molar-refractivity contribution in [2.75, 3.05) is 26.8 Å². The van der Waals surface area contributed by atoms with Gasteiger partial charge < -0.3 is 24.3 Å². The first-order valence-corrected chi connectivity index (χ1v) is 10.4. The molecule has 2 aromatic rings. The minimum absolute atomic E-state index is 0.0279. The number of carbonyl (C=O) groups excluding carboxylic acids is 2. The largest absolute Gasteiger partial charge is 0.383 e. The molecule has 0 unspecified atom stereocenters. The number of amides is 2. The molecule has 2 saturated heterocycles. The first-order chi connectivity index (χ1) is 14.6. The number of nitrogens with zero attached hydrogens (tertiary/aromatic N) is 3. The van der Waals surface area contributed by atoms with Gasteiger partial charge in [0.2, 0.25) is 11.8 Å². The molecule has 1 N–H and O–H groups in total. The number of aryl methyl sites for hydroxylation is 1. The molecule has 4 atom stereocenters. The third-order valence-corrected chi connectivity index (χ3v) is 6.52. The summed E-state index contributed by atoms with van der Waals surface area (Å²) in [6.07, 6.45) is 3.54. The Morgan fingerprint density at radius 2 is 2.23 bits per heavy atom. The van der Waals surface area contributed by atoms with E-state index in [0.717, 1.165) is 23.4 Å². The third-order valence-electron chi connectivity index (χ3n) is 6.52. The lowest BCUT2D eigenvalue weighted by molar-refractivity contribution is -0.137. The minimum atomic E-state index is -0.686. The topological polar surface area (TPSA) is 85.7 Å². The van der Waals surface area contributed by atoms with Crippen molar-refractivity contribution in [3.05, 3.63) is 42.2 Å². The summed E-state index contributed by atoms with van der Waals surface area (Å²) in [5.41, 5.74) is 1.27. The minimum Gasteiger partial charge on any atom is -0.383 e. The van der Waals surface area contributed by atoms with Gasteiger partial charge in [-0.1, -0.05) is 24.3 Å². The highest BCUT2D eigenvalue weighted by atomic mass is 16.5. The fourth-order valence-corrected chi connectivity index (χ4v) is 5.17. The van der Waals surface area contributed by atoms with E-state index >= 15 is 0 Å². The van der Waals surface area contributed by atoms with Gasteiger partial charge in [-0.05, 0) is 19.1 Å². The Kier molecular flexibility index (Phi) is 4.63. The zero-order valence-electron chi connectivity index (χ0n) is 17.2. The van der Waals surface area contributed by atoms with Crippen molar-refractivity contribution in [2.24, 2.45) is 11.8 Å². The molecule has 2 fully saturated rings. The molecule has 0 saturated carbocycles. The third kappa shape index (κ3) is 2.78. The van der Waals surface area contributed by atoms with Crippen molar-refractivity contribution in [3.63, 3.8) is 0 Å². The summed E-state index contributed by atoms with van der Waals surface area (Å²) in [5.74, 6) is -0.377. The molecule has 2 bridgehead atoms. The number of rotatable bonds is 7. The predicted molar refractivity (Wildman–Crippen MR) is 109 cm³/mol. The van der Waals surface area contributed by atoms with Crippen LogP contribution in [0, 0.1) is 11.8 Å². The van der Waals surface area contributed by atoms with E-state index < -0.39 is 17.4 Å². The number of imidazole rings is 1. The van der Waals surface area contributed by atoms with E-state index in [0.29, 0.717) is 26.2 Å². The lowest BCUT2D eigenvalue weighted by Gasteiger charge is -2.23. The maximum atomic E-state index is 13.2. The highest BCUT2D eigenvalue weighted by Crippen LogP contribution is 2.51. The molecule has 2 amide bonds. The Morgan fingerprint density at radius 1 is 1.40 bits per heavy atom. The molecule has 3 aliphatic rings. The molecule has 4 heterocycles. The van der Waals surface area contributed by atoms with Gasteiger partial charge in [-0.2, -0.15) is 0 Å². The average molecular weight is 410 g/mol. The standard InChI is InChI=1S/C22H26N4O4/c1-3-26-15-7-5-4-6-14(15)24-17(26)12-23-20(27)18-16-8-9-22(30-16)13-25(10-11-29-2)21(28)19(18)22/h4-9,16,18-19H,3,10-13H2,1-2H3,(H,23,27)/t16-,18+,19+,22+/m1/s1. The Bertz CT molecular complexity index is 1030. The number of methoxy groups -OCH3 is 1. The van der Waals surface area contributed by atoms with Gasteiger partial charge in [0, 0.05) is 20.2 Å². The SMILES string of the molecule is CCn1c(CNC(=O)[C@@H]2[C@H]3C(=O)N(CCOC)C[C@@]34C=C[C@H]2O4)nc2ccccc21. The van der Waals surface area contributed by atoms with E-state index in [2.05, 4.69) is 21.8 Å². The van der Waals surface area contributed by atoms with Crippen molar-refractivity contribution < 1.29 is 19.1 Å². The first kappa shape index (κ1) is 19.3. The Labute approximate surface area is 174 Å². The number of nitrogens with one attached hydrogen (secondary N) is 1. The smallest absolute Gasteiger partial charge is 0.230 e. The van der Waals surface area contributed by atoms with Crippen molar-refractivity contribution in [2.45, 2.75) is 31.7 Å². The van der Waals surface area contributed by atoms with Gasteiger partial charge in [0.25, 0.3) is 0 Å². The van der Waals surface area contributed by atoms with Gasteiger partial charge in [-0.3, -0.25) is 9.59 Å². The summed E-state index contributed by atoms with van der Waals surface area (Å²) in [7, 11) is 1.61. The molecule has 1 aromatic carbocycles. The van der Waals surface area contributed by atoms with Crippen LogP contribution in [-0.4, -0.2) is 64.8 Å². The molecule has 0 aliphatic carbocycles. The van der Waals surface area contributed by atoms with Crippen molar-refractivity contribution in [1.29, 1.82) is 0 Å². The molecular formula is C22H26N4O4. The summed E-state index contributed by atoms with van der Waals surface area (Å²) in [6.45, 7) is 4.58. The number of aromatic nitrogens is 2. The van der Waals surface area contributed by atoms with Crippen LogP contribution in [0.25, 0.3) is 11.0 Å². The second-order valence-electron chi connectivity index (χ2n) is 8.13. The normalized spacial score (nSPS) is 29.2. The van der Waals surface area contributed by atoms with Crippen LogP contribution in [0.3, 0.4) is 0 Å². The summed E-state index contributed by atoms with van der Waals surface area (Å²) in [4.78, 5) is 32.6. The fourth-order valence-electron chi connectivity index (χ4n) is 5.17. The number of benzene rings is 1. The van der Waals surface area contributed by atoms with Gasteiger partial charge in [-0.15, -0.1) is 0 Å². The monoisotopic (exact) mass is 410 g/mol. The van der Waals surface area contributed by atoms with Crippen LogP contribution >= 0.6 is 0 Å². The number of ether oxygens (including phenoxy) is 2. The number of fused-ring (bicyclic) bond motifs is 2. The average Bonchev–Trinajstić information content (AvgIpc) is 3.48. The van der Waals surface area contributed by atoms with E-state index in [1.807, 2.05) is 36.4 Å². The predicted octanol–water partition coefficient (Wildman–Crippen LogP) is 1.10. The highest BCUT2D eigenvalue weighted by Gasteiger charge is 2.66. The molecule has 1 spiro atoms. The second-order valence-corrected chi connectivity index (χ2v) is 8.13. The number of hydrogen-bond donors (Lipinski definition) is 1. The summed E-state index contributed by atoms with van der Waals surface area (Å²) in [5, 5.41) is 3.02. The molecule has 8 heteroatoms. The number of hydrogen-bond acceptors (Lipinski definition) is 5. The van der Waals surface area contributed by atoms with Crippen LogP contribution in [0.5, 0.6) is 0 Å². The van der Waals surface area contributed by atoms with Crippen LogP contribution in [0.2, 0.25) is 0 Å². The van der Waals surface area contributed by atoms with Gasteiger partial charge in [0.05, 0.1) is 48.7 Å². The van der Waals surface area contributed by atoms with E-state index in [4.69, 9.17) is 9.47 Å². The number of carbonyl (C=O) groups is 2. The summed E-state index contributed by atoms with van der Waals surface area (Å²) < 4.78 is 13.4. The van der Waals surface area contributed by atoms with Crippen LogP contribution in [-0.2, 0) is 32.2 Å². The van der Waals surface area contributed by atoms with E-state index in [1.165, 1.54) is 0 Å². The maximum absolute atomic E-state index is 13.2. The van der Waals surface area contributed by atoms with Crippen molar-refractivity contribution in [3.8, 4) is 0 Å². The number of para-hydroxylation sites is 2. The molecule has 1 aromatic heterocycles. The van der Waals surface area contributed by atoms with Crippen LogP contribution in [0.4, 0.5) is 0 Å². The second kappa shape index (κ2) is 7.21. The molecule has 158 valence electrons. The Hall–Kier alpha value is -2.71. The van der Waals surface area contributed by atoms with Crippen molar-refractivity contribution in [1.82, 2.24) is 19.8 Å². The molecule has 5 rings (SSSR count). The molecule has 0 radical (unpaired) electrons. The lowest BCUT2D eigenvalue weighted by atomic mass is 9.77. The quantitative estimate of drug-likeness (QED) is 0.691. The summed E-state index contributed by atoms with van der Waals surface area (Å²) >= 11 is 0. The van der Waals surface area contributed by atoms with Crippen molar-refractivity contribution >= 4 is 22.8 Å². The van der Waals surface area contributed by atoms with Crippen LogP contribution < -0.4 is 5.32 Å². The van der Waals surface area contributed by atoms with Crippen LogP contribution in [0.15, 0.2) is 36.4 Å². The molecule has 8 nitrogen and oxygen atoms in total. The lowest BCUT2D eigenvalue weighted by Crippen LogP contribution is -2.44. The van der Waals surface area contributed by atoms with Gasteiger partial charge >= 0.3 is 0 Å². The Balaban J connectivity index is 1.34. The van der Waals surface area contributed by atoms with Gasteiger partial charge in [-0.25, -0.2) is 4.98 Å². The molecule has 3 aliphatic heterocycles. The van der Waals surface area contributed by atoms with E-state index in [9.17, 15) is 9.59 Å². The highest BCUT2D eigenvalue weighted by molar-refractivity contribution is 5.93. The van der Waals surface area contributed by atoms with E-state index in [-0.39, 0.29) is 17.9 Å². The fraction of sp³-hybridized carbons (Fsp3) is 0.500. The van der Waals surface area contributed by atoms with Gasteiger partial charge in [0.15, 0.2) is 0 Å². The molecule has 30 heavy (non-hydrogen) atoms. The zero-order chi connectivity index (χ0) is 20.9. The maximum Gasteiger partial charge on any atom is 0.230 e.